The topological polar surface area (TPSA) is 60.6 Å². The third kappa shape index (κ3) is 4.73. The first-order valence-corrected chi connectivity index (χ1v) is 11.0. The Balaban J connectivity index is 1.34. The van der Waals surface area contributed by atoms with Gasteiger partial charge in [0.25, 0.3) is 0 Å². The predicted molar refractivity (Wildman–Crippen MR) is 118 cm³/mol. The highest BCUT2D eigenvalue weighted by Crippen LogP contribution is 2.49. The lowest BCUT2D eigenvalue weighted by Gasteiger charge is -2.37. The van der Waals surface area contributed by atoms with E-state index in [9.17, 15) is 18.0 Å². The van der Waals surface area contributed by atoms with Crippen molar-refractivity contribution in [1.29, 1.82) is 0 Å². The van der Waals surface area contributed by atoms with Gasteiger partial charge in [-0.05, 0) is 63.4 Å². The SMILES string of the molecule is CC(=O)Nc1c[nH]c2ccc(OCC[C@H]3C[C@H]4CN(CC(F)(F)F)C[C@@]4(N(C)C)C3)cc12. The van der Waals surface area contributed by atoms with Crippen LogP contribution in [0.15, 0.2) is 24.4 Å². The summed E-state index contributed by atoms with van der Waals surface area (Å²) in [5.41, 5.74) is 1.45. The zero-order chi connectivity index (χ0) is 23.1. The number of rotatable bonds is 7. The number of nitrogens with zero attached hydrogens (tertiary/aromatic N) is 2. The van der Waals surface area contributed by atoms with Crippen molar-refractivity contribution in [1.82, 2.24) is 14.8 Å². The number of aromatic amines is 1. The molecular weight excluding hydrogens is 421 g/mol. The molecule has 2 heterocycles. The van der Waals surface area contributed by atoms with Gasteiger partial charge < -0.3 is 19.9 Å². The van der Waals surface area contributed by atoms with Crippen LogP contribution in [0.5, 0.6) is 5.75 Å². The number of ether oxygens (including phenoxy) is 1. The lowest BCUT2D eigenvalue weighted by molar-refractivity contribution is -0.144. The predicted octanol–water partition coefficient (Wildman–Crippen LogP) is 4.10. The maximum atomic E-state index is 12.9. The van der Waals surface area contributed by atoms with E-state index in [-0.39, 0.29) is 17.4 Å². The number of hydrogen-bond acceptors (Lipinski definition) is 4. The molecule has 0 radical (unpaired) electrons. The van der Waals surface area contributed by atoms with Gasteiger partial charge in [0.2, 0.25) is 5.91 Å². The number of carbonyl (C=O) groups excluding carboxylic acids is 1. The molecule has 1 saturated heterocycles. The van der Waals surface area contributed by atoms with Gasteiger partial charge in [-0.1, -0.05) is 0 Å². The standard InChI is InChI=1S/C23H31F3N4O2/c1-15(31)28-21-11-27-20-5-4-18(9-19(20)21)32-7-6-16-8-17-12-30(14-23(24,25)26)13-22(17,10-16)29(2)3/h4-5,9,11,16-17,27H,6-8,10,12-14H2,1-3H3,(H,28,31)/t16-,17-,22-/m0/s1. The number of halogens is 3. The van der Waals surface area contributed by atoms with Crippen LogP contribution in [-0.2, 0) is 4.79 Å². The molecule has 1 saturated carbocycles. The van der Waals surface area contributed by atoms with Crippen LogP contribution in [0, 0.1) is 11.8 Å². The molecule has 2 fully saturated rings. The number of anilines is 1. The van der Waals surface area contributed by atoms with Crippen LogP contribution in [0.1, 0.15) is 26.2 Å². The van der Waals surface area contributed by atoms with E-state index in [1.807, 2.05) is 32.3 Å². The van der Waals surface area contributed by atoms with Gasteiger partial charge in [-0.2, -0.15) is 13.2 Å². The molecule has 9 heteroatoms. The fourth-order valence-corrected chi connectivity index (χ4v) is 5.68. The molecule has 2 aliphatic rings. The number of carbonyl (C=O) groups is 1. The highest BCUT2D eigenvalue weighted by Gasteiger charge is 2.55. The first kappa shape index (κ1) is 22.9. The second-order valence-electron chi connectivity index (χ2n) is 9.51. The molecule has 1 aliphatic carbocycles. The lowest BCUT2D eigenvalue weighted by Crippen LogP contribution is -2.49. The van der Waals surface area contributed by atoms with Gasteiger partial charge in [-0.25, -0.2) is 0 Å². The van der Waals surface area contributed by atoms with Crippen LogP contribution < -0.4 is 10.1 Å². The molecule has 4 rings (SSSR count). The molecule has 176 valence electrons. The van der Waals surface area contributed by atoms with Gasteiger partial charge in [-0.15, -0.1) is 0 Å². The Bertz CT molecular complexity index is 974. The minimum atomic E-state index is -4.15. The average Bonchev–Trinajstić information content (AvgIpc) is 3.31. The zero-order valence-corrected chi connectivity index (χ0v) is 18.8. The molecule has 2 aromatic rings. The summed E-state index contributed by atoms with van der Waals surface area (Å²) in [5.74, 6) is 1.29. The summed E-state index contributed by atoms with van der Waals surface area (Å²) in [5, 5.41) is 3.70. The van der Waals surface area contributed by atoms with Gasteiger partial charge in [0, 0.05) is 42.7 Å². The molecule has 1 aromatic carbocycles. The number of aromatic nitrogens is 1. The summed E-state index contributed by atoms with van der Waals surface area (Å²) in [6.07, 6.45) is 0.302. The Morgan fingerprint density at radius 2 is 2.16 bits per heavy atom. The van der Waals surface area contributed by atoms with Gasteiger partial charge in [0.05, 0.1) is 18.8 Å². The van der Waals surface area contributed by atoms with E-state index in [0.29, 0.717) is 25.6 Å². The summed E-state index contributed by atoms with van der Waals surface area (Å²) in [4.78, 5) is 18.2. The van der Waals surface area contributed by atoms with Crippen LogP contribution in [0.3, 0.4) is 0 Å². The van der Waals surface area contributed by atoms with Crippen molar-refractivity contribution < 1.29 is 22.7 Å². The van der Waals surface area contributed by atoms with Crippen LogP contribution in [-0.4, -0.2) is 72.7 Å². The Morgan fingerprint density at radius 1 is 1.38 bits per heavy atom. The highest BCUT2D eigenvalue weighted by atomic mass is 19.4. The third-order valence-corrected chi connectivity index (χ3v) is 7.05. The summed E-state index contributed by atoms with van der Waals surface area (Å²) in [7, 11) is 3.98. The van der Waals surface area contributed by atoms with Crippen LogP contribution in [0.2, 0.25) is 0 Å². The van der Waals surface area contributed by atoms with Gasteiger partial charge >= 0.3 is 6.18 Å². The number of H-pyrrole nitrogens is 1. The molecule has 1 aliphatic heterocycles. The quantitative estimate of drug-likeness (QED) is 0.664. The number of hydrogen-bond donors (Lipinski definition) is 2. The maximum Gasteiger partial charge on any atom is 0.401 e. The molecule has 0 unspecified atom stereocenters. The smallest absolute Gasteiger partial charge is 0.401 e. The summed E-state index contributed by atoms with van der Waals surface area (Å²) in [6.45, 7) is 2.18. The number of fused-ring (bicyclic) bond motifs is 2. The number of nitrogens with one attached hydrogen (secondary N) is 2. The number of amides is 1. The first-order valence-electron chi connectivity index (χ1n) is 11.0. The Hall–Kier alpha value is -2.26. The minimum Gasteiger partial charge on any atom is -0.494 e. The van der Waals surface area contributed by atoms with Gasteiger partial charge in [0.1, 0.15) is 5.75 Å². The second-order valence-corrected chi connectivity index (χ2v) is 9.51. The van der Waals surface area contributed by atoms with E-state index in [1.165, 1.54) is 6.92 Å². The summed E-state index contributed by atoms with van der Waals surface area (Å²) < 4.78 is 44.7. The van der Waals surface area contributed by atoms with Gasteiger partial charge in [0.15, 0.2) is 0 Å². The zero-order valence-electron chi connectivity index (χ0n) is 18.8. The van der Waals surface area contributed by atoms with E-state index >= 15 is 0 Å². The van der Waals surface area contributed by atoms with Crippen molar-refractivity contribution >= 4 is 22.5 Å². The molecule has 32 heavy (non-hydrogen) atoms. The maximum absolute atomic E-state index is 12.9. The largest absolute Gasteiger partial charge is 0.494 e. The van der Waals surface area contributed by atoms with E-state index in [0.717, 1.165) is 41.6 Å². The van der Waals surface area contributed by atoms with Crippen molar-refractivity contribution in [3.05, 3.63) is 24.4 Å². The fraction of sp³-hybridized carbons (Fsp3) is 0.609. The van der Waals surface area contributed by atoms with E-state index in [4.69, 9.17) is 4.74 Å². The first-order chi connectivity index (χ1) is 15.1. The highest BCUT2D eigenvalue weighted by molar-refractivity contribution is 6.01. The molecule has 0 bridgehead atoms. The number of likely N-dealkylation sites (tertiary alicyclic amines) is 1. The van der Waals surface area contributed by atoms with Gasteiger partial charge in [-0.3, -0.25) is 9.69 Å². The fourth-order valence-electron chi connectivity index (χ4n) is 5.68. The molecular formula is C23H31F3N4O2. The molecule has 0 spiro atoms. The molecule has 1 amide bonds. The number of likely N-dealkylation sites (N-methyl/N-ethyl adjacent to an activating group) is 1. The van der Waals surface area contributed by atoms with E-state index in [1.54, 1.807) is 11.1 Å². The lowest BCUT2D eigenvalue weighted by atomic mass is 9.89. The Kier molecular flexibility index (Phi) is 6.15. The van der Waals surface area contributed by atoms with Crippen LogP contribution in [0.4, 0.5) is 18.9 Å². The number of benzene rings is 1. The third-order valence-electron chi connectivity index (χ3n) is 7.05. The minimum absolute atomic E-state index is 0.132. The van der Waals surface area contributed by atoms with Crippen molar-refractivity contribution in [3.8, 4) is 5.75 Å². The average molecular weight is 453 g/mol. The normalized spacial score (nSPS) is 26.1. The van der Waals surface area contributed by atoms with Crippen molar-refractivity contribution in [2.45, 2.75) is 37.9 Å². The number of alkyl halides is 3. The summed E-state index contributed by atoms with van der Waals surface area (Å²) in [6, 6.07) is 5.74. The van der Waals surface area contributed by atoms with Crippen LogP contribution in [0.25, 0.3) is 10.9 Å². The van der Waals surface area contributed by atoms with Crippen LogP contribution >= 0.6 is 0 Å². The van der Waals surface area contributed by atoms with Crippen molar-refractivity contribution in [2.24, 2.45) is 11.8 Å². The van der Waals surface area contributed by atoms with E-state index < -0.39 is 12.7 Å². The van der Waals surface area contributed by atoms with E-state index in [2.05, 4.69) is 15.2 Å². The molecule has 1 aromatic heterocycles. The monoisotopic (exact) mass is 452 g/mol. The molecule has 6 nitrogen and oxygen atoms in total. The second kappa shape index (κ2) is 8.59. The molecule has 2 N–H and O–H groups in total. The van der Waals surface area contributed by atoms with Crippen molar-refractivity contribution in [2.75, 3.05) is 45.7 Å². The molecule has 3 atom stereocenters. The Morgan fingerprint density at radius 3 is 2.81 bits per heavy atom. The van der Waals surface area contributed by atoms with Crippen molar-refractivity contribution in [3.63, 3.8) is 0 Å². The Labute approximate surface area is 186 Å². The summed E-state index contributed by atoms with van der Waals surface area (Å²) >= 11 is 0.